The van der Waals surface area contributed by atoms with E-state index in [2.05, 4.69) is 304 Å². The summed E-state index contributed by atoms with van der Waals surface area (Å²) in [4.78, 5) is 31.8. The molecule has 0 radical (unpaired) electrons. The molecule has 0 aliphatic carbocycles. The molecule has 0 amide bonds. The standard InChI is InChI=1S/C21H18N3O.C21H19N3O.2C21H16N3O.C20H16N3O/c1-13-8-9-16-18-15-7-5-4-6-14(15)12-22-20(18)25-19(16)17(13)21-23(2)10-11-24(21)3;1-13-8-9-17-18-16-7-5-4-6-15(16)12-22-21(18)25-20(17)19(13)24-11-10-23(3)14(24)2;1-13-8-9-16-18-15-7-4-3-6-14(15)12-23-21(18)25-19(16)17(13)20-22-10-5-11-24(20)2;1-13-9-10-16-19-15-7-4-3-6-14(15)12-22-21(19)25-20(16)18(13)17-8-5-11-23-24(17)2;1-13-8-9-16-17-15-7-4-3-6-14(15)12-21-20(17)24-19(16)18(13)23-11-5-10-22(23)2/h4-12H,1-3H3;4-12,14H,1-3H3;2*3-12H,1-2H3;3-12H,1-2H3/q+1;;3*+1/t;14-;;;/m.0.../s1. The number of pyridine rings is 5. The quantitative estimate of drug-likeness (QED) is 0.148. The number of furan rings is 5. The van der Waals surface area contributed by atoms with Gasteiger partial charge in [0, 0.05) is 122 Å². The second-order valence-electron chi connectivity index (χ2n) is 32.1. The molecular weight excluding hydrogens is 1540 g/mol. The molecule has 1 aliphatic heterocycles. The first-order valence-corrected chi connectivity index (χ1v) is 41.4. The highest BCUT2D eigenvalue weighted by atomic mass is 16.4. The molecule has 0 bridgehead atoms. The van der Waals surface area contributed by atoms with Crippen molar-refractivity contribution in [2.24, 2.45) is 35.2 Å². The van der Waals surface area contributed by atoms with Gasteiger partial charge in [0.25, 0.3) is 5.82 Å². The molecule has 602 valence electrons. The first kappa shape index (κ1) is 75.6. The van der Waals surface area contributed by atoms with Crippen LogP contribution in [0, 0.1) is 34.6 Å². The summed E-state index contributed by atoms with van der Waals surface area (Å²) in [5.41, 5.74) is 20.0. The van der Waals surface area contributed by atoms with Crippen LogP contribution in [0.4, 0.5) is 5.69 Å². The number of imidazole rings is 1. The fourth-order valence-corrected chi connectivity index (χ4v) is 18.1. The number of hydrogen-bond acceptors (Lipinski definition) is 14. The Morgan fingerprint density at radius 2 is 0.726 bits per heavy atom. The molecule has 0 spiro atoms. The fourth-order valence-electron chi connectivity index (χ4n) is 18.1. The van der Waals surface area contributed by atoms with Crippen molar-refractivity contribution in [2.75, 3.05) is 11.9 Å². The van der Waals surface area contributed by atoms with Gasteiger partial charge in [-0.25, -0.2) is 38.6 Å². The summed E-state index contributed by atoms with van der Waals surface area (Å²) in [6.07, 6.45) is 27.6. The number of hydrogen-bond donors (Lipinski definition) is 0. The van der Waals surface area contributed by atoms with E-state index in [1.54, 1.807) is 6.20 Å². The molecule has 20 heteroatoms. The number of anilines is 1. The molecule has 10 aromatic carbocycles. The van der Waals surface area contributed by atoms with Gasteiger partial charge in [-0.3, -0.25) is 0 Å². The Morgan fingerprint density at radius 3 is 1.14 bits per heavy atom. The van der Waals surface area contributed by atoms with Crippen molar-refractivity contribution < 1.29 is 40.6 Å². The summed E-state index contributed by atoms with van der Waals surface area (Å²) in [5.74, 6) is 2.00. The SMILES string of the molecule is Cc1ccc2c(oc3ncc4ccccc4c32)c1-c1cccn[n+]1C.Cc1ccc2c(oc3ncc4ccccc4c32)c1-c1n(C)cc[n+]1C.Cc1ccc2c(oc3ncc4ccccc4c32)c1-c1nccc[n+]1C.Cc1ccc2c(oc3ncc4ccccc4c32)c1-n1ccc[n+]1C.Cc1ccc2c(oc3ncc4ccccc4c32)c1N1C=CN(C)[C@@H]1C. The molecule has 0 unspecified atom stereocenters. The van der Waals surface area contributed by atoms with E-state index in [1.807, 2.05) is 139 Å². The van der Waals surface area contributed by atoms with Crippen LogP contribution in [0.1, 0.15) is 34.7 Å². The molecule has 0 fully saturated rings. The van der Waals surface area contributed by atoms with Crippen LogP contribution in [0.2, 0.25) is 0 Å². The number of aromatic nitrogens is 13. The van der Waals surface area contributed by atoms with E-state index in [1.165, 1.54) is 27.3 Å². The molecule has 0 saturated carbocycles. The van der Waals surface area contributed by atoms with Crippen molar-refractivity contribution in [3.05, 3.63) is 321 Å². The highest BCUT2D eigenvalue weighted by Gasteiger charge is 2.31. The highest BCUT2D eigenvalue weighted by molar-refractivity contribution is 6.24. The van der Waals surface area contributed by atoms with Crippen molar-refractivity contribution in [1.82, 2.24) is 49.2 Å². The highest BCUT2D eigenvalue weighted by Crippen LogP contribution is 2.46. The third-order valence-electron chi connectivity index (χ3n) is 24.5. The summed E-state index contributed by atoms with van der Waals surface area (Å²) < 4.78 is 43.5. The summed E-state index contributed by atoms with van der Waals surface area (Å²) >= 11 is 0. The Morgan fingerprint density at radius 1 is 0.331 bits per heavy atom. The molecular formula is C104H85N15O5+4. The molecule has 20 nitrogen and oxygen atoms in total. The lowest BCUT2D eigenvalue weighted by atomic mass is 10.00. The van der Waals surface area contributed by atoms with E-state index in [0.717, 1.165) is 182 Å². The van der Waals surface area contributed by atoms with E-state index >= 15 is 0 Å². The Balaban J connectivity index is 0.0000000950. The number of benzene rings is 10. The Bertz CT molecular complexity index is 8270. The van der Waals surface area contributed by atoms with E-state index < -0.39 is 0 Å². The minimum absolute atomic E-state index is 0.252. The van der Waals surface area contributed by atoms with Crippen molar-refractivity contribution in [3.8, 4) is 39.7 Å². The zero-order valence-electron chi connectivity index (χ0n) is 70.5. The third-order valence-corrected chi connectivity index (χ3v) is 24.5. The average molecular weight is 1620 g/mol. The van der Waals surface area contributed by atoms with Crippen LogP contribution in [0.25, 0.3) is 204 Å². The molecule has 1 aliphatic rings. The number of rotatable bonds is 5. The van der Waals surface area contributed by atoms with E-state index in [9.17, 15) is 0 Å². The lowest BCUT2D eigenvalue weighted by Gasteiger charge is -2.28. The minimum atomic E-state index is 0.252. The number of fused-ring (bicyclic) bond motifs is 25. The van der Waals surface area contributed by atoms with Gasteiger partial charge in [0.1, 0.15) is 35.9 Å². The molecule has 15 heterocycles. The molecule has 24 aromatic rings. The average Bonchev–Trinajstić information content (AvgIpc) is 1.61. The number of aryl methyl sites for hydroxylation is 10. The predicted molar refractivity (Wildman–Crippen MR) is 493 cm³/mol. The fraction of sp³-hybridized carbons (Fsp3) is 0.125. The van der Waals surface area contributed by atoms with Crippen LogP contribution in [-0.4, -0.2) is 62.4 Å². The monoisotopic (exact) mass is 1620 g/mol. The van der Waals surface area contributed by atoms with Crippen LogP contribution >= 0.6 is 0 Å². The summed E-state index contributed by atoms with van der Waals surface area (Å²) in [5, 5.41) is 26.7. The van der Waals surface area contributed by atoms with E-state index in [4.69, 9.17) is 22.1 Å². The zero-order valence-corrected chi connectivity index (χ0v) is 70.5. The molecule has 1 atom stereocenters. The first-order chi connectivity index (χ1) is 60.5. The second-order valence-corrected chi connectivity index (χ2v) is 32.1. The van der Waals surface area contributed by atoms with Gasteiger partial charge in [-0.1, -0.05) is 175 Å². The minimum Gasteiger partial charge on any atom is -0.437 e. The Hall–Kier alpha value is -15.8. The van der Waals surface area contributed by atoms with Crippen LogP contribution in [0.15, 0.2) is 315 Å². The smallest absolute Gasteiger partial charge is 0.334 e. The first-order valence-electron chi connectivity index (χ1n) is 41.4. The van der Waals surface area contributed by atoms with E-state index in [0.29, 0.717) is 28.6 Å². The Labute approximate surface area is 710 Å². The molecule has 0 saturated heterocycles. The molecule has 14 aromatic heterocycles. The van der Waals surface area contributed by atoms with Gasteiger partial charge in [0.05, 0.1) is 77.9 Å². The summed E-state index contributed by atoms with van der Waals surface area (Å²) in [7, 11) is 12.2. The van der Waals surface area contributed by atoms with Gasteiger partial charge < -0.3 is 31.9 Å². The van der Waals surface area contributed by atoms with Gasteiger partial charge in [-0.2, -0.15) is 0 Å². The lowest BCUT2D eigenvalue weighted by molar-refractivity contribution is -0.744. The van der Waals surface area contributed by atoms with Gasteiger partial charge in [-0.05, 0) is 125 Å². The van der Waals surface area contributed by atoms with Crippen molar-refractivity contribution >= 4 is 170 Å². The van der Waals surface area contributed by atoms with Gasteiger partial charge in [0.2, 0.25) is 34.3 Å². The largest absolute Gasteiger partial charge is 0.437 e. The summed E-state index contributed by atoms with van der Waals surface area (Å²) in [6.45, 7) is 12.7. The van der Waals surface area contributed by atoms with E-state index in [-0.39, 0.29) is 6.17 Å². The van der Waals surface area contributed by atoms with Crippen LogP contribution in [-0.2, 0) is 35.2 Å². The normalized spacial score (nSPS) is 12.9. The Kier molecular flexibility index (Phi) is 18.4. The van der Waals surface area contributed by atoms with Gasteiger partial charge in [-0.15, -0.1) is 9.36 Å². The molecule has 124 heavy (non-hydrogen) atoms. The van der Waals surface area contributed by atoms with Crippen molar-refractivity contribution in [3.63, 3.8) is 0 Å². The van der Waals surface area contributed by atoms with Crippen LogP contribution < -0.4 is 23.4 Å². The number of nitrogens with zero attached hydrogens (tertiary/aromatic N) is 15. The van der Waals surface area contributed by atoms with Gasteiger partial charge >= 0.3 is 5.82 Å². The topological polar surface area (TPSA) is 188 Å². The molecule has 25 rings (SSSR count). The van der Waals surface area contributed by atoms with Gasteiger partial charge in [0.15, 0.2) is 53.9 Å². The maximum atomic E-state index is 6.27. The summed E-state index contributed by atoms with van der Waals surface area (Å²) in [6, 6.07) is 70.9. The van der Waals surface area contributed by atoms with Crippen molar-refractivity contribution in [2.45, 2.75) is 47.7 Å². The second kappa shape index (κ2) is 30.1. The lowest BCUT2D eigenvalue weighted by Crippen LogP contribution is -2.37. The van der Waals surface area contributed by atoms with Crippen LogP contribution in [0.3, 0.4) is 0 Å². The third kappa shape index (κ3) is 12.4. The predicted octanol–water partition coefficient (Wildman–Crippen LogP) is 22.0. The maximum absolute atomic E-state index is 6.27. The zero-order chi connectivity index (χ0) is 84.4. The van der Waals surface area contributed by atoms with Crippen molar-refractivity contribution in [1.29, 1.82) is 0 Å². The maximum Gasteiger partial charge on any atom is 0.334 e. The van der Waals surface area contributed by atoms with Crippen LogP contribution in [0.5, 0.6) is 0 Å². The molecule has 0 N–H and O–H groups in total.